The van der Waals surface area contributed by atoms with Crippen LogP contribution in [0.15, 0.2) is 48.8 Å². The van der Waals surface area contributed by atoms with Crippen molar-refractivity contribution in [1.29, 1.82) is 0 Å². The second kappa shape index (κ2) is 11.1. The van der Waals surface area contributed by atoms with Crippen LogP contribution in [0, 0.1) is 10.1 Å². The number of nitrogens with zero attached hydrogens (tertiary/aromatic N) is 5. The summed E-state index contributed by atoms with van der Waals surface area (Å²) in [6.07, 6.45) is 1.22. The summed E-state index contributed by atoms with van der Waals surface area (Å²) in [7, 11) is 2.40. The van der Waals surface area contributed by atoms with E-state index in [2.05, 4.69) is 20.2 Å². The van der Waals surface area contributed by atoms with Crippen molar-refractivity contribution in [2.24, 2.45) is 0 Å². The number of methoxy groups -OCH3 is 2. The number of aromatic nitrogens is 2. The highest BCUT2D eigenvalue weighted by Gasteiger charge is 2.30. The molecule has 3 aromatic rings. The molecule has 0 unspecified atom stereocenters. The Balaban J connectivity index is 1.62. The van der Waals surface area contributed by atoms with Gasteiger partial charge in [-0.2, -0.15) is 0 Å². The number of piperazine rings is 1. The van der Waals surface area contributed by atoms with Crippen molar-refractivity contribution in [3.63, 3.8) is 0 Å². The fourth-order valence-electron chi connectivity index (χ4n) is 4.02. The van der Waals surface area contributed by atoms with Crippen LogP contribution in [0.3, 0.4) is 0 Å². The van der Waals surface area contributed by atoms with E-state index in [1.807, 2.05) is 23.1 Å². The highest BCUT2D eigenvalue weighted by molar-refractivity contribution is 6.30. The summed E-state index contributed by atoms with van der Waals surface area (Å²) in [6.45, 7) is 2.17. The molecule has 0 bridgehead atoms. The van der Waals surface area contributed by atoms with Crippen molar-refractivity contribution >= 4 is 52.2 Å². The van der Waals surface area contributed by atoms with E-state index in [0.717, 1.165) is 5.69 Å². The number of carbonyl (C=O) groups excluding carboxylic acids is 2. The van der Waals surface area contributed by atoms with Crippen LogP contribution >= 0.6 is 11.6 Å². The number of hydrogen-bond acceptors (Lipinski definition) is 11. The number of esters is 2. The van der Waals surface area contributed by atoms with Crippen LogP contribution in [0.2, 0.25) is 5.02 Å². The number of nitro groups is 1. The molecule has 1 aromatic heterocycles. The molecule has 0 atom stereocenters. The number of halogens is 1. The summed E-state index contributed by atoms with van der Waals surface area (Å²) in [5.74, 6) is -1.32. The van der Waals surface area contributed by atoms with E-state index in [0.29, 0.717) is 31.2 Å². The molecule has 192 valence electrons. The van der Waals surface area contributed by atoms with Crippen molar-refractivity contribution in [3.05, 3.63) is 75.1 Å². The summed E-state index contributed by atoms with van der Waals surface area (Å²) in [5.41, 5.74) is 0.964. The molecule has 0 radical (unpaired) electrons. The third-order valence-corrected chi connectivity index (χ3v) is 6.01. The first-order valence-electron chi connectivity index (χ1n) is 11.1. The van der Waals surface area contributed by atoms with E-state index in [9.17, 15) is 19.7 Å². The molecule has 0 spiro atoms. The Morgan fingerprint density at radius 2 is 1.59 bits per heavy atom. The van der Waals surface area contributed by atoms with Gasteiger partial charge in [-0.3, -0.25) is 10.1 Å². The second-order valence-corrected chi connectivity index (χ2v) is 8.45. The molecule has 2 heterocycles. The standard InChI is InChI=1S/C24H23ClN6O6/c1-36-23(32)15-10-16(24(33)37-2)12-18(11-15)28-21-20(31(34)35)22(27-14-26-21)30-8-6-29(7-9-30)19-5-3-4-17(25)13-19/h3-5,10-14H,6-9H2,1-2H3,(H,26,27,28). The molecule has 2 aromatic carbocycles. The first-order chi connectivity index (χ1) is 17.8. The van der Waals surface area contributed by atoms with Crippen LogP contribution in [-0.2, 0) is 9.47 Å². The Bertz CT molecular complexity index is 1310. The zero-order chi connectivity index (χ0) is 26.5. The van der Waals surface area contributed by atoms with E-state index in [-0.39, 0.29) is 34.1 Å². The number of rotatable bonds is 7. The van der Waals surface area contributed by atoms with Crippen molar-refractivity contribution in [1.82, 2.24) is 9.97 Å². The summed E-state index contributed by atoms with van der Waals surface area (Å²) < 4.78 is 9.49. The maximum Gasteiger partial charge on any atom is 0.353 e. The lowest BCUT2D eigenvalue weighted by Crippen LogP contribution is -2.47. The molecule has 0 aliphatic carbocycles. The van der Waals surface area contributed by atoms with Gasteiger partial charge in [0.25, 0.3) is 0 Å². The topological polar surface area (TPSA) is 140 Å². The van der Waals surface area contributed by atoms with Gasteiger partial charge in [-0.1, -0.05) is 17.7 Å². The minimum absolute atomic E-state index is 0.0574. The van der Waals surface area contributed by atoms with Crippen LogP contribution in [0.5, 0.6) is 0 Å². The third kappa shape index (κ3) is 5.70. The number of ether oxygens (including phenoxy) is 2. The first kappa shape index (κ1) is 25.6. The Morgan fingerprint density at radius 1 is 0.973 bits per heavy atom. The fraction of sp³-hybridized carbons (Fsp3) is 0.250. The van der Waals surface area contributed by atoms with Gasteiger partial charge in [0.2, 0.25) is 11.6 Å². The average Bonchev–Trinajstić information content (AvgIpc) is 2.91. The van der Waals surface area contributed by atoms with E-state index in [1.54, 1.807) is 6.07 Å². The number of nitrogens with one attached hydrogen (secondary N) is 1. The minimum atomic E-state index is -0.691. The molecule has 1 aliphatic rings. The van der Waals surface area contributed by atoms with Gasteiger partial charge in [0.1, 0.15) is 6.33 Å². The first-order valence-corrected chi connectivity index (χ1v) is 11.5. The second-order valence-electron chi connectivity index (χ2n) is 8.01. The monoisotopic (exact) mass is 526 g/mol. The van der Waals surface area contributed by atoms with Gasteiger partial charge in [0.15, 0.2) is 0 Å². The Kier molecular flexibility index (Phi) is 7.68. The maximum absolute atomic E-state index is 12.1. The Labute approximate surface area is 216 Å². The average molecular weight is 527 g/mol. The number of carbonyl (C=O) groups is 2. The highest BCUT2D eigenvalue weighted by atomic mass is 35.5. The van der Waals surface area contributed by atoms with Crippen LogP contribution < -0.4 is 15.1 Å². The maximum atomic E-state index is 12.1. The Hall–Kier alpha value is -4.45. The normalized spacial score (nSPS) is 13.2. The zero-order valence-corrected chi connectivity index (χ0v) is 20.8. The van der Waals surface area contributed by atoms with Crippen molar-refractivity contribution in [2.45, 2.75) is 0 Å². The van der Waals surface area contributed by atoms with Crippen LogP contribution in [0.1, 0.15) is 20.7 Å². The predicted octanol–water partition coefficient (Wildman–Crippen LogP) is 3.68. The van der Waals surface area contributed by atoms with E-state index < -0.39 is 16.9 Å². The molecular formula is C24H23ClN6O6. The quantitative estimate of drug-likeness (QED) is 0.274. The van der Waals surface area contributed by atoms with E-state index in [4.69, 9.17) is 21.1 Å². The van der Waals surface area contributed by atoms with Crippen molar-refractivity contribution in [3.8, 4) is 0 Å². The third-order valence-electron chi connectivity index (χ3n) is 5.78. The van der Waals surface area contributed by atoms with E-state index >= 15 is 0 Å². The van der Waals surface area contributed by atoms with Gasteiger partial charge >= 0.3 is 17.6 Å². The summed E-state index contributed by atoms with van der Waals surface area (Å²) in [4.78, 5) is 48.0. The van der Waals surface area contributed by atoms with Gasteiger partial charge in [-0.05, 0) is 36.4 Å². The molecule has 37 heavy (non-hydrogen) atoms. The molecule has 1 aliphatic heterocycles. The summed E-state index contributed by atoms with van der Waals surface area (Å²) >= 11 is 6.11. The van der Waals surface area contributed by atoms with Crippen LogP contribution in [0.25, 0.3) is 0 Å². The predicted molar refractivity (Wildman–Crippen MR) is 137 cm³/mol. The van der Waals surface area contributed by atoms with E-state index in [1.165, 1.54) is 38.7 Å². The molecule has 1 saturated heterocycles. The highest BCUT2D eigenvalue weighted by Crippen LogP contribution is 2.35. The lowest BCUT2D eigenvalue weighted by molar-refractivity contribution is -0.383. The number of hydrogen-bond donors (Lipinski definition) is 1. The van der Waals surface area contributed by atoms with Gasteiger partial charge < -0.3 is 24.6 Å². The molecule has 1 fully saturated rings. The van der Waals surface area contributed by atoms with Gasteiger partial charge in [0.05, 0.1) is 30.3 Å². The largest absolute Gasteiger partial charge is 0.465 e. The summed E-state index contributed by atoms with van der Waals surface area (Å²) in [6, 6.07) is 11.6. The van der Waals surface area contributed by atoms with Gasteiger partial charge in [0, 0.05) is 42.6 Å². The number of anilines is 4. The van der Waals surface area contributed by atoms with Crippen molar-refractivity contribution in [2.75, 3.05) is 55.5 Å². The molecule has 12 nitrogen and oxygen atoms in total. The smallest absolute Gasteiger partial charge is 0.353 e. The number of benzene rings is 2. The molecule has 13 heteroatoms. The van der Waals surface area contributed by atoms with Crippen LogP contribution in [-0.4, -0.2) is 67.2 Å². The molecule has 1 N–H and O–H groups in total. The van der Waals surface area contributed by atoms with Gasteiger partial charge in [-0.15, -0.1) is 0 Å². The SMILES string of the molecule is COC(=O)c1cc(Nc2ncnc(N3CCN(c4cccc(Cl)c4)CC3)c2[N+](=O)[O-])cc(C(=O)OC)c1. The Morgan fingerprint density at radius 3 is 2.16 bits per heavy atom. The zero-order valence-electron chi connectivity index (χ0n) is 20.0. The lowest BCUT2D eigenvalue weighted by atomic mass is 10.1. The van der Waals surface area contributed by atoms with Crippen LogP contribution in [0.4, 0.5) is 28.7 Å². The molecule has 4 rings (SSSR count). The van der Waals surface area contributed by atoms with Gasteiger partial charge in [-0.25, -0.2) is 19.6 Å². The van der Waals surface area contributed by atoms with Crippen molar-refractivity contribution < 1.29 is 24.0 Å². The lowest BCUT2D eigenvalue weighted by Gasteiger charge is -2.36. The minimum Gasteiger partial charge on any atom is -0.465 e. The fourth-order valence-corrected chi connectivity index (χ4v) is 4.20. The molecule has 0 amide bonds. The summed E-state index contributed by atoms with van der Waals surface area (Å²) in [5, 5.41) is 15.6. The molecule has 0 saturated carbocycles. The molecular weight excluding hydrogens is 504 g/mol.